The minimum atomic E-state index is -4.41. The predicted molar refractivity (Wildman–Crippen MR) is 215 cm³/mol. The fourth-order valence-electron chi connectivity index (χ4n) is 6.84. The first-order chi connectivity index (χ1) is 27.5. The molecule has 2 aromatic heterocycles. The number of aliphatic hydroxyl groups excluding tert-OH is 1. The number of ether oxygens (including phenoxy) is 3. The summed E-state index contributed by atoms with van der Waals surface area (Å²) in [7, 11) is -4.41. The van der Waals surface area contributed by atoms with E-state index >= 15 is 0 Å². The largest absolute Gasteiger partial charge is 0.464 e. The van der Waals surface area contributed by atoms with Crippen LogP contribution in [0, 0.1) is 17.2 Å². The topological polar surface area (TPSA) is 210 Å². The van der Waals surface area contributed by atoms with Crippen molar-refractivity contribution in [2.24, 2.45) is 5.92 Å². The van der Waals surface area contributed by atoms with Crippen LogP contribution in [0.5, 0.6) is 5.75 Å². The molecule has 16 heteroatoms. The van der Waals surface area contributed by atoms with Gasteiger partial charge in [0.2, 0.25) is 5.60 Å². The molecule has 57 heavy (non-hydrogen) atoms. The lowest BCUT2D eigenvalue weighted by molar-refractivity contribution is -0.160. The number of rotatable bonds is 26. The monoisotopic (exact) mass is 812 g/mol. The molecule has 4 N–H and O–H groups in total. The van der Waals surface area contributed by atoms with Crippen LogP contribution in [0.2, 0.25) is 0 Å². The van der Waals surface area contributed by atoms with Crippen LogP contribution in [-0.2, 0) is 38.5 Å². The Kier molecular flexibility index (Phi) is 18.2. The third kappa shape index (κ3) is 12.7. The molecule has 3 heterocycles. The van der Waals surface area contributed by atoms with Crippen LogP contribution in [0.25, 0.3) is 5.52 Å². The Morgan fingerprint density at radius 2 is 1.67 bits per heavy atom. The summed E-state index contributed by atoms with van der Waals surface area (Å²) in [6.45, 7) is 7.29. The molecule has 4 rings (SSSR count). The van der Waals surface area contributed by atoms with Crippen molar-refractivity contribution in [3.63, 3.8) is 0 Å². The van der Waals surface area contributed by atoms with Gasteiger partial charge in [-0.2, -0.15) is 15.4 Å². The minimum absolute atomic E-state index is 0.0716. The molecule has 1 fully saturated rings. The third-order valence-corrected chi connectivity index (χ3v) is 12.0. The standard InChI is InChI=1S/C41H61N6O9P/c1-5-8-9-10-11-12-13-14-15-16-20-23-36(48)54-38-37(49)34(55-41(38,28-42)35-25-24-33-39(43)44-29-45-47(33)35)27-53-57(51,56-32-21-18-17-19-22-32)46-30(4)40(50)52-26-31(6-2)7-3/h17-19,21-22,24-25,29-31,34,37-38,49H,5-16,20,23,26-27H2,1-4H3,(H,46,51)(H2,43,44,45)/t30-,34-,37-,38-,41+,57+/m1/s1. The van der Waals surface area contributed by atoms with Gasteiger partial charge in [-0.3, -0.25) is 14.1 Å². The maximum Gasteiger partial charge on any atom is 0.459 e. The van der Waals surface area contributed by atoms with Crippen molar-refractivity contribution in [2.45, 2.75) is 148 Å². The van der Waals surface area contributed by atoms with E-state index in [1.165, 1.54) is 62.4 Å². The lowest BCUT2D eigenvalue weighted by Gasteiger charge is -2.27. The zero-order valence-corrected chi connectivity index (χ0v) is 34.7. The van der Waals surface area contributed by atoms with Gasteiger partial charge in [0.1, 0.15) is 41.9 Å². The molecule has 1 aliphatic heterocycles. The molecule has 0 spiro atoms. The zero-order valence-electron chi connectivity index (χ0n) is 33.8. The average Bonchev–Trinajstić information content (AvgIpc) is 3.76. The van der Waals surface area contributed by atoms with Crippen molar-refractivity contribution < 1.29 is 42.5 Å². The molecule has 0 bridgehead atoms. The van der Waals surface area contributed by atoms with Gasteiger partial charge in [0.25, 0.3) is 0 Å². The van der Waals surface area contributed by atoms with Crippen LogP contribution in [0.15, 0.2) is 48.8 Å². The first kappa shape index (κ1) is 45.6. The van der Waals surface area contributed by atoms with Crippen LogP contribution < -0.4 is 15.3 Å². The van der Waals surface area contributed by atoms with Crippen molar-refractivity contribution >= 4 is 31.0 Å². The van der Waals surface area contributed by atoms with Gasteiger partial charge in [-0.05, 0) is 43.5 Å². The smallest absolute Gasteiger partial charge is 0.459 e. The summed E-state index contributed by atoms with van der Waals surface area (Å²) in [6, 6.07) is 12.3. The Balaban J connectivity index is 1.49. The molecule has 1 aromatic carbocycles. The summed E-state index contributed by atoms with van der Waals surface area (Å²) in [5.74, 6) is -0.792. The Bertz CT molecular complexity index is 1780. The summed E-state index contributed by atoms with van der Waals surface area (Å²) < 4.78 is 45.0. The first-order valence-corrected chi connectivity index (χ1v) is 22.0. The molecular formula is C41H61N6O9P. The number of benzene rings is 1. The molecule has 6 atom stereocenters. The normalized spacial score (nSPS) is 20.9. The van der Waals surface area contributed by atoms with Gasteiger partial charge in [0.05, 0.1) is 18.9 Å². The summed E-state index contributed by atoms with van der Waals surface area (Å²) in [6.07, 6.45) is 10.6. The van der Waals surface area contributed by atoms with Crippen molar-refractivity contribution in [1.29, 1.82) is 5.26 Å². The van der Waals surface area contributed by atoms with E-state index < -0.39 is 56.2 Å². The van der Waals surface area contributed by atoms with E-state index in [0.717, 1.165) is 38.5 Å². The molecule has 15 nitrogen and oxygen atoms in total. The number of anilines is 1. The number of nitrogens with two attached hydrogens (primary N) is 1. The number of fused-ring (bicyclic) bond motifs is 1. The van der Waals surface area contributed by atoms with E-state index in [2.05, 4.69) is 28.2 Å². The summed E-state index contributed by atoms with van der Waals surface area (Å²) >= 11 is 0. The maximum atomic E-state index is 14.3. The van der Waals surface area contributed by atoms with Gasteiger partial charge in [0, 0.05) is 6.42 Å². The molecule has 0 saturated carbocycles. The summed E-state index contributed by atoms with van der Waals surface area (Å²) in [5, 5.41) is 29.4. The van der Waals surface area contributed by atoms with Gasteiger partial charge < -0.3 is 29.6 Å². The van der Waals surface area contributed by atoms with Gasteiger partial charge in [-0.15, -0.1) is 0 Å². The number of esters is 2. The highest BCUT2D eigenvalue weighted by Crippen LogP contribution is 2.48. The molecule has 1 aliphatic rings. The second kappa shape index (κ2) is 22.8. The highest BCUT2D eigenvalue weighted by atomic mass is 31.2. The minimum Gasteiger partial charge on any atom is -0.464 e. The molecule has 0 aliphatic carbocycles. The van der Waals surface area contributed by atoms with Crippen LogP contribution in [-0.4, -0.2) is 69.2 Å². The van der Waals surface area contributed by atoms with Gasteiger partial charge in [-0.25, -0.2) is 14.1 Å². The lowest BCUT2D eigenvalue weighted by atomic mass is 9.92. The fourth-order valence-corrected chi connectivity index (χ4v) is 8.34. The molecule has 3 aromatic rings. The van der Waals surface area contributed by atoms with Crippen LogP contribution in [0.1, 0.15) is 123 Å². The van der Waals surface area contributed by atoms with E-state index in [0.29, 0.717) is 11.9 Å². The maximum absolute atomic E-state index is 14.3. The number of para-hydroxylation sites is 1. The van der Waals surface area contributed by atoms with E-state index in [1.54, 1.807) is 36.4 Å². The number of aliphatic hydroxyl groups is 1. The first-order valence-electron chi connectivity index (χ1n) is 20.5. The lowest BCUT2D eigenvalue weighted by Crippen LogP contribution is -2.44. The van der Waals surface area contributed by atoms with Crippen molar-refractivity contribution in [3.8, 4) is 11.8 Å². The number of nitrogens with zero attached hydrogens (tertiary/aromatic N) is 4. The number of carbonyl (C=O) groups excluding carboxylic acids is 2. The number of nitrogens with one attached hydrogen (secondary N) is 1. The molecule has 0 radical (unpaired) electrons. The van der Waals surface area contributed by atoms with Crippen molar-refractivity contribution in [2.75, 3.05) is 18.9 Å². The summed E-state index contributed by atoms with van der Waals surface area (Å²) in [4.78, 5) is 30.3. The van der Waals surface area contributed by atoms with E-state index in [4.69, 9.17) is 29.0 Å². The second-order valence-electron chi connectivity index (χ2n) is 14.7. The number of nitriles is 1. The molecule has 0 amide bonds. The van der Waals surface area contributed by atoms with Crippen LogP contribution in [0.3, 0.4) is 0 Å². The van der Waals surface area contributed by atoms with Crippen molar-refractivity contribution in [3.05, 3.63) is 54.5 Å². The van der Waals surface area contributed by atoms with Crippen LogP contribution in [0.4, 0.5) is 5.82 Å². The zero-order chi connectivity index (χ0) is 41.3. The SMILES string of the molecule is CCCCCCCCCCCCCC(=O)O[C@@H]1[C@H](O)[C@@H](CO[P@@](=O)(N[C@H](C)C(=O)OCC(CC)CC)Oc2ccccc2)O[C@@]1(C#N)c1ccc2c(N)ncnn12. The molecule has 1 saturated heterocycles. The highest BCUT2D eigenvalue weighted by Gasteiger charge is 2.60. The molecular weight excluding hydrogens is 751 g/mol. The van der Waals surface area contributed by atoms with E-state index in [1.807, 2.05) is 13.8 Å². The second-order valence-corrected chi connectivity index (χ2v) is 16.4. The number of hydrogen-bond acceptors (Lipinski definition) is 13. The third-order valence-electron chi connectivity index (χ3n) is 10.4. The van der Waals surface area contributed by atoms with E-state index in [-0.39, 0.29) is 36.2 Å². The Morgan fingerprint density at radius 1 is 1.02 bits per heavy atom. The number of unbranched alkanes of at least 4 members (excludes halogenated alkanes) is 10. The van der Waals surface area contributed by atoms with Gasteiger partial charge in [-0.1, -0.05) is 116 Å². The number of nitrogen functional groups attached to an aromatic ring is 1. The molecule has 0 unspecified atom stereocenters. The Labute approximate surface area is 336 Å². The van der Waals surface area contributed by atoms with E-state index in [9.17, 15) is 24.5 Å². The quantitative estimate of drug-likeness (QED) is 0.0406. The van der Waals surface area contributed by atoms with Gasteiger partial charge in [0.15, 0.2) is 11.9 Å². The highest BCUT2D eigenvalue weighted by molar-refractivity contribution is 7.52. The molecule has 314 valence electrons. The Hall–Kier alpha value is -4.06. The van der Waals surface area contributed by atoms with Crippen molar-refractivity contribution in [1.82, 2.24) is 19.7 Å². The number of aromatic nitrogens is 3. The fraction of sp³-hybridized carbons (Fsp3) is 0.634. The van der Waals surface area contributed by atoms with Gasteiger partial charge >= 0.3 is 19.7 Å². The number of carbonyl (C=O) groups is 2. The Morgan fingerprint density at radius 3 is 2.30 bits per heavy atom. The summed E-state index contributed by atoms with van der Waals surface area (Å²) in [5.41, 5.74) is 4.47. The predicted octanol–water partition coefficient (Wildman–Crippen LogP) is 7.56. The van der Waals surface area contributed by atoms with Crippen LogP contribution >= 0.6 is 7.75 Å². The number of hydrogen-bond donors (Lipinski definition) is 3. The average molecular weight is 813 g/mol.